The van der Waals surface area contributed by atoms with Crippen LogP contribution >= 0.6 is 0 Å². The van der Waals surface area contributed by atoms with Gasteiger partial charge in [-0.15, -0.1) is 0 Å². The van der Waals surface area contributed by atoms with E-state index in [9.17, 15) is 9.59 Å². The van der Waals surface area contributed by atoms with E-state index in [1.54, 1.807) is 6.08 Å². The first kappa shape index (κ1) is 11.9. The molecule has 6 atom stereocenters. The Morgan fingerprint density at radius 2 is 1.89 bits per heavy atom. The van der Waals surface area contributed by atoms with Crippen molar-refractivity contribution in [1.82, 2.24) is 0 Å². The van der Waals surface area contributed by atoms with Crippen molar-refractivity contribution >= 4 is 11.8 Å². The second-order valence-corrected chi connectivity index (χ2v) is 6.25. The third-order valence-electron chi connectivity index (χ3n) is 5.22. The summed E-state index contributed by atoms with van der Waals surface area (Å²) in [6, 6.07) is 0. The predicted octanol–water partition coefficient (Wildman–Crippen LogP) is 2.36. The van der Waals surface area contributed by atoms with Crippen molar-refractivity contribution in [2.24, 2.45) is 29.6 Å². The van der Waals surface area contributed by atoms with Gasteiger partial charge in [0.1, 0.15) is 6.10 Å². The zero-order valence-electron chi connectivity index (χ0n) is 11.2. The normalized spacial score (nSPS) is 47.2. The van der Waals surface area contributed by atoms with Crippen LogP contribution < -0.4 is 0 Å². The Kier molecular flexibility index (Phi) is 2.61. The molecule has 0 spiro atoms. The van der Waals surface area contributed by atoms with Crippen LogP contribution in [0.3, 0.4) is 0 Å². The molecule has 2 aliphatic carbocycles. The molecule has 98 valence electrons. The van der Waals surface area contributed by atoms with Gasteiger partial charge in [0.2, 0.25) is 0 Å². The lowest BCUT2D eigenvalue weighted by atomic mass is 9.77. The minimum Gasteiger partial charge on any atom is -0.461 e. The Morgan fingerprint density at radius 3 is 2.61 bits per heavy atom. The fourth-order valence-electron chi connectivity index (χ4n) is 4.15. The fourth-order valence-corrected chi connectivity index (χ4v) is 4.15. The summed E-state index contributed by atoms with van der Waals surface area (Å²) in [7, 11) is 0. The van der Waals surface area contributed by atoms with E-state index in [-0.39, 0.29) is 35.6 Å². The van der Waals surface area contributed by atoms with Gasteiger partial charge in [-0.1, -0.05) is 19.4 Å². The second kappa shape index (κ2) is 3.94. The smallest absolute Gasteiger partial charge is 0.309 e. The van der Waals surface area contributed by atoms with Crippen molar-refractivity contribution in [3.63, 3.8) is 0 Å². The van der Waals surface area contributed by atoms with E-state index in [1.165, 1.54) is 0 Å². The molecule has 3 nitrogen and oxygen atoms in total. The highest BCUT2D eigenvalue weighted by atomic mass is 16.6. The molecule has 2 fully saturated rings. The van der Waals surface area contributed by atoms with Gasteiger partial charge in [0, 0.05) is 17.8 Å². The van der Waals surface area contributed by atoms with Gasteiger partial charge in [-0.3, -0.25) is 9.59 Å². The lowest BCUT2D eigenvalue weighted by Crippen LogP contribution is -2.33. The Hall–Kier alpha value is -1.12. The highest BCUT2D eigenvalue weighted by Gasteiger charge is 2.53. The molecular formula is C15H20O3. The van der Waals surface area contributed by atoms with E-state index < -0.39 is 0 Å². The first-order valence-corrected chi connectivity index (χ1v) is 6.93. The van der Waals surface area contributed by atoms with Crippen molar-refractivity contribution in [2.75, 3.05) is 0 Å². The standard InChI is InChI=1S/C15H20O3/c1-7-4-5-10-9(3)15(17)18-14(10)13-8(2)6-11(16)12(7)13/h6-7,9-10,12-14H,4-5H2,1-3H3/t7?,9-,10+,12-,13+,14+/m1/s1. The van der Waals surface area contributed by atoms with Crippen LogP contribution in [0.5, 0.6) is 0 Å². The van der Waals surface area contributed by atoms with E-state index in [2.05, 4.69) is 6.92 Å². The Morgan fingerprint density at radius 1 is 1.17 bits per heavy atom. The molecule has 0 radical (unpaired) electrons. The lowest BCUT2D eigenvalue weighted by Gasteiger charge is -2.28. The summed E-state index contributed by atoms with van der Waals surface area (Å²) >= 11 is 0. The predicted molar refractivity (Wildman–Crippen MR) is 66.7 cm³/mol. The molecule has 3 heteroatoms. The average molecular weight is 248 g/mol. The van der Waals surface area contributed by atoms with E-state index in [1.807, 2.05) is 13.8 Å². The molecule has 1 saturated carbocycles. The Labute approximate surface area is 108 Å². The second-order valence-electron chi connectivity index (χ2n) is 6.25. The molecule has 0 aromatic rings. The maximum atomic E-state index is 12.1. The number of hydrogen-bond acceptors (Lipinski definition) is 3. The van der Waals surface area contributed by atoms with Crippen molar-refractivity contribution in [3.05, 3.63) is 11.6 Å². The lowest BCUT2D eigenvalue weighted by molar-refractivity contribution is -0.146. The number of esters is 1. The van der Waals surface area contributed by atoms with Crippen LogP contribution in [0.1, 0.15) is 33.6 Å². The average Bonchev–Trinajstić information content (AvgIpc) is 2.68. The minimum absolute atomic E-state index is 0.00977. The summed E-state index contributed by atoms with van der Waals surface area (Å²) in [6.45, 7) is 6.14. The molecule has 0 N–H and O–H groups in total. The number of ether oxygens (including phenoxy) is 1. The summed E-state index contributed by atoms with van der Waals surface area (Å²) in [5, 5.41) is 0. The molecular weight excluding hydrogens is 228 g/mol. The van der Waals surface area contributed by atoms with Gasteiger partial charge >= 0.3 is 5.97 Å². The van der Waals surface area contributed by atoms with Crippen LogP contribution in [-0.2, 0) is 14.3 Å². The SMILES string of the molecule is CC1=CC(=O)[C@H]2C(C)CC[C@@H]3[C@H](OC(=O)[C@@H]3C)[C@@H]12. The zero-order chi connectivity index (χ0) is 13.0. The van der Waals surface area contributed by atoms with E-state index >= 15 is 0 Å². The summed E-state index contributed by atoms with van der Waals surface area (Å²) in [5.74, 6) is 1.01. The van der Waals surface area contributed by atoms with Gasteiger partial charge in [-0.2, -0.15) is 0 Å². The molecule has 3 rings (SSSR count). The number of carbonyl (C=O) groups excluding carboxylic acids is 2. The zero-order valence-corrected chi connectivity index (χ0v) is 11.2. The maximum Gasteiger partial charge on any atom is 0.309 e. The largest absolute Gasteiger partial charge is 0.461 e. The molecule has 1 heterocycles. The van der Waals surface area contributed by atoms with Crippen LogP contribution in [0.25, 0.3) is 0 Å². The van der Waals surface area contributed by atoms with Crippen LogP contribution in [0, 0.1) is 29.6 Å². The summed E-state index contributed by atoms with van der Waals surface area (Å²) in [5.41, 5.74) is 1.11. The molecule has 0 amide bonds. The van der Waals surface area contributed by atoms with Gasteiger partial charge in [0.05, 0.1) is 5.92 Å². The number of fused-ring (bicyclic) bond motifs is 3. The molecule has 0 aromatic carbocycles. The van der Waals surface area contributed by atoms with Crippen molar-refractivity contribution in [3.8, 4) is 0 Å². The first-order chi connectivity index (χ1) is 8.50. The van der Waals surface area contributed by atoms with Crippen molar-refractivity contribution in [1.29, 1.82) is 0 Å². The monoisotopic (exact) mass is 248 g/mol. The van der Waals surface area contributed by atoms with Gasteiger partial charge in [0.25, 0.3) is 0 Å². The van der Waals surface area contributed by atoms with E-state index in [0.717, 1.165) is 18.4 Å². The van der Waals surface area contributed by atoms with Crippen molar-refractivity contribution < 1.29 is 14.3 Å². The Bertz CT molecular complexity index is 437. The minimum atomic E-state index is -0.0783. The quantitative estimate of drug-likeness (QED) is 0.618. The summed E-state index contributed by atoms with van der Waals surface area (Å²) in [4.78, 5) is 23.9. The molecule has 1 saturated heterocycles. The van der Waals surface area contributed by atoms with Gasteiger partial charge in [0.15, 0.2) is 5.78 Å². The van der Waals surface area contributed by atoms with Gasteiger partial charge in [-0.25, -0.2) is 0 Å². The highest BCUT2D eigenvalue weighted by Crippen LogP contribution is 2.49. The summed E-state index contributed by atoms with van der Waals surface area (Å²) in [6.07, 6.45) is 3.73. The number of carbonyl (C=O) groups is 2. The van der Waals surface area contributed by atoms with Gasteiger partial charge in [-0.05, 0) is 31.8 Å². The highest BCUT2D eigenvalue weighted by molar-refractivity contribution is 5.96. The van der Waals surface area contributed by atoms with E-state index in [4.69, 9.17) is 4.74 Å². The third kappa shape index (κ3) is 1.49. The van der Waals surface area contributed by atoms with Gasteiger partial charge < -0.3 is 4.74 Å². The number of hydrogen-bond donors (Lipinski definition) is 0. The molecule has 0 bridgehead atoms. The maximum absolute atomic E-state index is 12.1. The summed E-state index contributed by atoms with van der Waals surface area (Å²) < 4.78 is 5.61. The Balaban J connectivity index is 2.00. The first-order valence-electron chi connectivity index (χ1n) is 6.93. The topological polar surface area (TPSA) is 43.4 Å². The molecule has 1 aliphatic heterocycles. The number of rotatable bonds is 0. The number of ketones is 1. The third-order valence-corrected chi connectivity index (χ3v) is 5.22. The molecule has 3 aliphatic rings. The van der Waals surface area contributed by atoms with Crippen LogP contribution in [-0.4, -0.2) is 17.9 Å². The molecule has 18 heavy (non-hydrogen) atoms. The van der Waals surface area contributed by atoms with Crippen LogP contribution in [0.15, 0.2) is 11.6 Å². The van der Waals surface area contributed by atoms with Crippen molar-refractivity contribution in [2.45, 2.75) is 39.7 Å². The van der Waals surface area contributed by atoms with Crippen LogP contribution in [0.2, 0.25) is 0 Å². The molecule has 0 aromatic heterocycles. The van der Waals surface area contributed by atoms with Crippen LogP contribution in [0.4, 0.5) is 0 Å². The fraction of sp³-hybridized carbons (Fsp3) is 0.733. The van der Waals surface area contributed by atoms with E-state index in [0.29, 0.717) is 11.8 Å². The molecule has 1 unspecified atom stereocenters. The number of allylic oxidation sites excluding steroid dienone is 1.